The highest BCUT2D eigenvalue weighted by Gasteiger charge is 2.26. The fourth-order valence-electron chi connectivity index (χ4n) is 3.32. The lowest BCUT2D eigenvalue weighted by Crippen LogP contribution is -2.27. The van der Waals surface area contributed by atoms with E-state index in [1.54, 1.807) is 14.2 Å². The molecule has 4 nitrogen and oxygen atoms in total. The van der Waals surface area contributed by atoms with Crippen molar-refractivity contribution in [3.05, 3.63) is 53.1 Å². The van der Waals surface area contributed by atoms with Crippen molar-refractivity contribution >= 4 is 17.7 Å². The van der Waals surface area contributed by atoms with Crippen LogP contribution >= 0.6 is 0 Å². The third kappa shape index (κ3) is 2.81. The quantitative estimate of drug-likeness (QED) is 0.795. The topological polar surface area (TPSA) is 36.9 Å². The van der Waals surface area contributed by atoms with Crippen molar-refractivity contribution in [2.45, 2.75) is 19.4 Å². The van der Waals surface area contributed by atoms with Crippen LogP contribution in [0.3, 0.4) is 0 Å². The zero-order chi connectivity index (χ0) is 18.3. The van der Waals surface area contributed by atoms with Crippen molar-refractivity contribution in [2.24, 2.45) is 0 Å². The maximum Gasteiger partial charge on any atom is 0.137 e. The van der Waals surface area contributed by atoms with Crippen molar-refractivity contribution in [2.75, 3.05) is 20.8 Å². The summed E-state index contributed by atoms with van der Waals surface area (Å²) in [6, 6.07) is 9.87. The van der Waals surface area contributed by atoms with E-state index < -0.39 is 0 Å². The van der Waals surface area contributed by atoms with Crippen LogP contribution in [0.15, 0.2) is 36.4 Å². The third-order valence-corrected chi connectivity index (χ3v) is 4.67. The largest absolute Gasteiger partial charge is 0.497 e. The Bertz CT molecular complexity index is 922. The zero-order valence-electron chi connectivity index (χ0n) is 15.5. The Morgan fingerprint density at radius 1 is 1.04 bits per heavy atom. The van der Waals surface area contributed by atoms with Gasteiger partial charge < -0.3 is 18.9 Å². The van der Waals surface area contributed by atoms with Crippen molar-refractivity contribution in [3.63, 3.8) is 0 Å². The SMILES string of the molecule is COc1ccc(C2=Cc3ccc4c(c3OC2)C=CC(C)(C)O4)c(OC)c1. The van der Waals surface area contributed by atoms with Crippen molar-refractivity contribution in [1.82, 2.24) is 0 Å². The van der Waals surface area contributed by atoms with Gasteiger partial charge in [0.05, 0.1) is 19.8 Å². The Morgan fingerprint density at radius 3 is 2.65 bits per heavy atom. The zero-order valence-corrected chi connectivity index (χ0v) is 15.5. The molecule has 0 aliphatic carbocycles. The Labute approximate surface area is 153 Å². The Kier molecular flexibility index (Phi) is 3.91. The third-order valence-electron chi connectivity index (χ3n) is 4.67. The minimum Gasteiger partial charge on any atom is -0.497 e. The molecule has 4 heteroatoms. The summed E-state index contributed by atoms with van der Waals surface area (Å²) in [5.74, 6) is 3.26. The Hall–Kier alpha value is -2.88. The van der Waals surface area contributed by atoms with Crippen LogP contribution < -0.4 is 18.9 Å². The lowest BCUT2D eigenvalue weighted by Gasteiger charge is -2.30. The van der Waals surface area contributed by atoms with E-state index in [4.69, 9.17) is 18.9 Å². The van der Waals surface area contributed by atoms with Crippen molar-refractivity contribution in [1.29, 1.82) is 0 Å². The predicted octanol–water partition coefficient (Wildman–Crippen LogP) is 4.82. The van der Waals surface area contributed by atoms with Gasteiger partial charge in [-0.05, 0) is 56.3 Å². The Balaban J connectivity index is 1.76. The monoisotopic (exact) mass is 350 g/mol. The molecule has 2 aromatic rings. The second-order valence-electron chi connectivity index (χ2n) is 6.96. The maximum absolute atomic E-state index is 6.13. The average Bonchev–Trinajstić information content (AvgIpc) is 2.65. The average molecular weight is 350 g/mol. The molecule has 0 aromatic heterocycles. The van der Waals surface area contributed by atoms with Crippen molar-refractivity contribution in [3.8, 4) is 23.0 Å². The minimum atomic E-state index is -0.298. The summed E-state index contributed by atoms with van der Waals surface area (Å²) >= 11 is 0. The molecule has 0 atom stereocenters. The standard InChI is InChI=1S/C22H22O4/c1-22(2)10-9-18-19(26-22)8-5-14-11-15(13-25-21(14)18)17-7-6-16(23-3)12-20(17)24-4/h5-12H,13H2,1-4H3. The fourth-order valence-corrected chi connectivity index (χ4v) is 3.32. The van der Waals surface area contributed by atoms with Gasteiger partial charge in [-0.15, -0.1) is 0 Å². The number of ether oxygens (including phenoxy) is 4. The molecule has 4 rings (SSSR count). The van der Waals surface area contributed by atoms with Crippen LogP contribution in [0, 0.1) is 0 Å². The summed E-state index contributed by atoms with van der Waals surface area (Å²) in [5.41, 5.74) is 3.81. The minimum absolute atomic E-state index is 0.298. The second kappa shape index (κ2) is 6.13. The molecule has 134 valence electrons. The molecule has 0 saturated heterocycles. The van der Waals surface area contributed by atoms with E-state index in [1.807, 2.05) is 44.2 Å². The van der Waals surface area contributed by atoms with Gasteiger partial charge in [0.15, 0.2) is 0 Å². The molecule has 0 bridgehead atoms. The molecular weight excluding hydrogens is 328 g/mol. The molecule has 2 aromatic carbocycles. The molecule has 0 radical (unpaired) electrons. The molecule has 0 amide bonds. The fraction of sp³-hybridized carbons (Fsp3) is 0.273. The summed E-state index contributed by atoms with van der Waals surface area (Å²) in [6.45, 7) is 4.56. The van der Waals surface area contributed by atoms with Gasteiger partial charge in [-0.25, -0.2) is 0 Å². The first-order valence-electron chi connectivity index (χ1n) is 8.62. The molecule has 2 aliphatic rings. The molecule has 26 heavy (non-hydrogen) atoms. The first kappa shape index (κ1) is 16.6. The van der Waals surface area contributed by atoms with E-state index in [2.05, 4.69) is 18.2 Å². The first-order chi connectivity index (χ1) is 12.5. The molecule has 0 spiro atoms. The van der Waals surface area contributed by atoms with Crippen LogP contribution in [0.2, 0.25) is 0 Å². The molecule has 2 aliphatic heterocycles. The molecule has 0 fully saturated rings. The normalized spacial score (nSPS) is 16.5. The summed E-state index contributed by atoms with van der Waals surface area (Å²) in [5, 5.41) is 0. The van der Waals surface area contributed by atoms with E-state index in [0.29, 0.717) is 6.61 Å². The highest BCUT2D eigenvalue weighted by Crippen LogP contribution is 2.43. The van der Waals surface area contributed by atoms with Crippen molar-refractivity contribution < 1.29 is 18.9 Å². The van der Waals surface area contributed by atoms with Gasteiger partial charge in [0, 0.05) is 22.8 Å². The van der Waals surface area contributed by atoms with Crippen LogP contribution in [0.1, 0.15) is 30.5 Å². The van der Waals surface area contributed by atoms with Crippen LogP contribution in [-0.2, 0) is 0 Å². The molecule has 0 N–H and O–H groups in total. The summed E-state index contributed by atoms with van der Waals surface area (Å²) in [6.07, 6.45) is 6.30. The van der Waals surface area contributed by atoms with Gasteiger partial charge in [-0.3, -0.25) is 0 Å². The van der Waals surface area contributed by atoms with Crippen LogP contribution in [0.4, 0.5) is 0 Å². The summed E-state index contributed by atoms with van der Waals surface area (Å²) in [4.78, 5) is 0. The van der Waals surface area contributed by atoms with E-state index in [0.717, 1.165) is 45.3 Å². The van der Waals surface area contributed by atoms with Gasteiger partial charge in [0.2, 0.25) is 0 Å². The van der Waals surface area contributed by atoms with Gasteiger partial charge in [-0.1, -0.05) is 0 Å². The number of fused-ring (bicyclic) bond motifs is 3. The van der Waals surface area contributed by atoms with Gasteiger partial charge in [0.25, 0.3) is 0 Å². The maximum atomic E-state index is 6.13. The molecule has 0 unspecified atom stereocenters. The number of hydrogen-bond acceptors (Lipinski definition) is 4. The van der Waals surface area contributed by atoms with E-state index in [-0.39, 0.29) is 5.60 Å². The summed E-state index contributed by atoms with van der Waals surface area (Å²) < 4.78 is 23.0. The van der Waals surface area contributed by atoms with E-state index in [1.165, 1.54) is 0 Å². The van der Waals surface area contributed by atoms with E-state index in [9.17, 15) is 0 Å². The predicted molar refractivity (Wildman–Crippen MR) is 103 cm³/mol. The number of benzene rings is 2. The number of methoxy groups -OCH3 is 2. The first-order valence-corrected chi connectivity index (χ1v) is 8.62. The van der Waals surface area contributed by atoms with Crippen LogP contribution in [0.5, 0.6) is 23.0 Å². The number of hydrogen-bond donors (Lipinski definition) is 0. The highest BCUT2D eigenvalue weighted by molar-refractivity contribution is 5.90. The van der Waals surface area contributed by atoms with E-state index >= 15 is 0 Å². The molecule has 0 saturated carbocycles. The smallest absolute Gasteiger partial charge is 0.137 e. The number of rotatable bonds is 3. The Morgan fingerprint density at radius 2 is 1.88 bits per heavy atom. The van der Waals surface area contributed by atoms with Gasteiger partial charge in [-0.2, -0.15) is 0 Å². The molecule has 2 heterocycles. The highest BCUT2D eigenvalue weighted by atomic mass is 16.5. The second-order valence-corrected chi connectivity index (χ2v) is 6.96. The molecular formula is C22H22O4. The summed E-state index contributed by atoms with van der Waals surface area (Å²) in [7, 11) is 3.31. The van der Waals surface area contributed by atoms with Gasteiger partial charge in [0.1, 0.15) is 35.2 Å². The van der Waals surface area contributed by atoms with Gasteiger partial charge >= 0.3 is 0 Å². The van der Waals surface area contributed by atoms with Crippen LogP contribution in [-0.4, -0.2) is 26.4 Å². The van der Waals surface area contributed by atoms with Crippen LogP contribution in [0.25, 0.3) is 17.7 Å². The lowest BCUT2D eigenvalue weighted by atomic mass is 9.95. The lowest BCUT2D eigenvalue weighted by molar-refractivity contribution is 0.158.